The average molecular weight is 274 g/mol. The molecule has 7 heteroatoms. The molecule has 0 aromatic carbocycles. The van der Waals surface area contributed by atoms with Crippen LogP contribution in [0.3, 0.4) is 0 Å². The minimum atomic E-state index is -1.09. The number of H-pyrrole nitrogens is 1. The van der Waals surface area contributed by atoms with Gasteiger partial charge in [-0.25, -0.2) is 4.98 Å². The molecule has 1 atom stereocenters. The third-order valence-corrected chi connectivity index (χ3v) is 3.60. The van der Waals surface area contributed by atoms with Gasteiger partial charge in [-0.1, -0.05) is 0 Å². The largest absolute Gasteiger partial charge is 0.382 e. The van der Waals surface area contributed by atoms with E-state index in [-0.39, 0.29) is 12.5 Å². The molecule has 2 amide bonds. The summed E-state index contributed by atoms with van der Waals surface area (Å²) in [5.74, 6) is -0.296. The van der Waals surface area contributed by atoms with Crippen molar-refractivity contribution in [3.05, 3.63) is 18.5 Å². The van der Waals surface area contributed by atoms with Crippen molar-refractivity contribution in [2.45, 2.75) is 12.5 Å². The molecule has 0 saturated carbocycles. The fraction of sp³-hybridized carbons (Fsp3) is 0.308. The second kappa shape index (κ2) is 4.31. The summed E-state index contributed by atoms with van der Waals surface area (Å²) in [5, 5.41) is 3.56. The van der Waals surface area contributed by atoms with Crippen molar-refractivity contribution in [3.8, 4) is 0 Å². The van der Waals surface area contributed by atoms with E-state index in [1.807, 2.05) is 6.07 Å². The van der Waals surface area contributed by atoms with Gasteiger partial charge in [0.2, 0.25) is 6.41 Å². The van der Waals surface area contributed by atoms with Gasteiger partial charge < -0.3 is 15.0 Å². The number of ether oxygens (including phenoxy) is 1. The Bertz CT molecular complexity index is 696. The van der Waals surface area contributed by atoms with Gasteiger partial charge >= 0.3 is 0 Å². The Labute approximate surface area is 114 Å². The molecule has 0 aliphatic carbocycles. The zero-order chi connectivity index (χ0) is 14.3. The van der Waals surface area contributed by atoms with Crippen LogP contribution in [-0.2, 0) is 14.3 Å². The minimum absolute atomic E-state index is 0.102. The van der Waals surface area contributed by atoms with Gasteiger partial charge in [-0.05, 0) is 13.0 Å². The number of pyridine rings is 1. The summed E-state index contributed by atoms with van der Waals surface area (Å²) in [7, 11) is 1.50. The lowest BCUT2D eigenvalue weighted by atomic mass is 9.95. The average Bonchev–Trinajstić information content (AvgIpc) is 2.89. The molecule has 0 bridgehead atoms. The first-order chi connectivity index (χ1) is 9.61. The van der Waals surface area contributed by atoms with Gasteiger partial charge in [-0.15, -0.1) is 0 Å². The van der Waals surface area contributed by atoms with Crippen LogP contribution in [0.25, 0.3) is 11.0 Å². The molecule has 3 heterocycles. The second-order valence-electron chi connectivity index (χ2n) is 4.90. The smallest absolute Gasteiger partial charge is 0.252 e. The number of carbonyl (C=O) groups excluding carboxylic acids is 2. The SMILES string of the molecule is COCC1(C)C(=O)Nc2cnc3[nH]ccc3c2N1C=O. The van der Waals surface area contributed by atoms with E-state index in [4.69, 9.17) is 4.74 Å². The Morgan fingerprint density at radius 2 is 2.35 bits per heavy atom. The number of aromatic nitrogens is 2. The Hall–Kier alpha value is -2.41. The van der Waals surface area contributed by atoms with Crippen molar-refractivity contribution in [2.75, 3.05) is 23.9 Å². The zero-order valence-electron chi connectivity index (χ0n) is 11.1. The number of fused-ring (bicyclic) bond motifs is 3. The molecule has 0 fully saturated rings. The third-order valence-electron chi connectivity index (χ3n) is 3.60. The summed E-state index contributed by atoms with van der Waals surface area (Å²) >= 11 is 0. The molecule has 20 heavy (non-hydrogen) atoms. The number of methoxy groups -OCH3 is 1. The van der Waals surface area contributed by atoms with Crippen LogP contribution in [0.1, 0.15) is 6.92 Å². The summed E-state index contributed by atoms with van der Waals surface area (Å²) < 4.78 is 5.11. The fourth-order valence-electron chi connectivity index (χ4n) is 2.54. The summed E-state index contributed by atoms with van der Waals surface area (Å²) in [6.45, 7) is 1.77. The van der Waals surface area contributed by atoms with Crippen LogP contribution in [-0.4, -0.2) is 41.5 Å². The van der Waals surface area contributed by atoms with Gasteiger partial charge in [-0.3, -0.25) is 14.5 Å². The van der Waals surface area contributed by atoms with Crippen molar-refractivity contribution in [1.82, 2.24) is 9.97 Å². The number of amides is 2. The van der Waals surface area contributed by atoms with Gasteiger partial charge in [-0.2, -0.15) is 0 Å². The highest BCUT2D eigenvalue weighted by molar-refractivity contribution is 6.15. The van der Waals surface area contributed by atoms with Gasteiger partial charge in [0, 0.05) is 18.7 Å². The molecule has 3 rings (SSSR count). The maximum Gasteiger partial charge on any atom is 0.252 e. The number of aromatic amines is 1. The number of hydrogen-bond donors (Lipinski definition) is 2. The Balaban J connectivity index is 2.27. The molecule has 0 saturated heterocycles. The normalized spacial score (nSPS) is 21.7. The highest BCUT2D eigenvalue weighted by Gasteiger charge is 2.45. The lowest BCUT2D eigenvalue weighted by Gasteiger charge is -2.41. The molecular formula is C13H14N4O3. The quantitative estimate of drug-likeness (QED) is 0.813. The van der Waals surface area contributed by atoms with E-state index in [0.29, 0.717) is 23.4 Å². The van der Waals surface area contributed by atoms with Crippen LogP contribution in [0, 0.1) is 0 Å². The molecule has 7 nitrogen and oxygen atoms in total. The van der Waals surface area contributed by atoms with Crippen molar-refractivity contribution in [2.24, 2.45) is 0 Å². The van der Waals surface area contributed by atoms with Crippen molar-refractivity contribution in [3.63, 3.8) is 0 Å². The second-order valence-corrected chi connectivity index (χ2v) is 4.90. The van der Waals surface area contributed by atoms with Crippen molar-refractivity contribution in [1.29, 1.82) is 0 Å². The van der Waals surface area contributed by atoms with E-state index in [1.165, 1.54) is 18.2 Å². The van der Waals surface area contributed by atoms with Gasteiger partial charge in [0.25, 0.3) is 5.91 Å². The predicted octanol–water partition coefficient (Wildman–Crippen LogP) is 0.883. The number of anilines is 2. The third kappa shape index (κ3) is 1.53. The van der Waals surface area contributed by atoms with E-state index >= 15 is 0 Å². The number of nitrogens with one attached hydrogen (secondary N) is 2. The van der Waals surface area contributed by atoms with E-state index in [2.05, 4.69) is 15.3 Å². The van der Waals surface area contributed by atoms with Crippen LogP contribution in [0.2, 0.25) is 0 Å². The van der Waals surface area contributed by atoms with Crippen LogP contribution in [0.5, 0.6) is 0 Å². The monoisotopic (exact) mass is 274 g/mol. The molecule has 104 valence electrons. The van der Waals surface area contributed by atoms with Crippen LogP contribution >= 0.6 is 0 Å². The molecule has 2 aromatic heterocycles. The Morgan fingerprint density at radius 3 is 3.05 bits per heavy atom. The molecular weight excluding hydrogens is 260 g/mol. The number of carbonyl (C=O) groups is 2. The molecule has 0 radical (unpaired) electrons. The first kappa shape index (κ1) is 12.6. The van der Waals surface area contributed by atoms with E-state index < -0.39 is 5.54 Å². The Kier molecular flexibility index (Phi) is 2.72. The predicted molar refractivity (Wildman–Crippen MR) is 73.5 cm³/mol. The van der Waals surface area contributed by atoms with E-state index in [9.17, 15) is 9.59 Å². The van der Waals surface area contributed by atoms with Crippen molar-refractivity contribution < 1.29 is 14.3 Å². The number of hydrogen-bond acceptors (Lipinski definition) is 4. The van der Waals surface area contributed by atoms with E-state index in [1.54, 1.807) is 13.1 Å². The Morgan fingerprint density at radius 1 is 1.55 bits per heavy atom. The highest BCUT2D eigenvalue weighted by atomic mass is 16.5. The van der Waals surface area contributed by atoms with Crippen LogP contribution in [0.15, 0.2) is 18.5 Å². The fourth-order valence-corrected chi connectivity index (χ4v) is 2.54. The number of rotatable bonds is 3. The maximum absolute atomic E-state index is 12.3. The summed E-state index contributed by atoms with van der Waals surface area (Å²) in [4.78, 5) is 32.5. The lowest BCUT2D eigenvalue weighted by molar-refractivity contribution is -0.125. The van der Waals surface area contributed by atoms with Crippen LogP contribution in [0.4, 0.5) is 11.4 Å². The van der Waals surface area contributed by atoms with Crippen LogP contribution < -0.4 is 10.2 Å². The molecule has 2 aromatic rings. The summed E-state index contributed by atoms with van der Waals surface area (Å²) in [5.41, 5.74) is 0.717. The molecule has 1 aliphatic heterocycles. The van der Waals surface area contributed by atoms with Gasteiger partial charge in [0.15, 0.2) is 0 Å². The van der Waals surface area contributed by atoms with Crippen molar-refractivity contribution >= 4 is 34.7 Å². The maximum atomic E-state index is 12.3. The number of nitrogens with zero attached hydrogens (tertiary/aromatic N) is 2. The van der Waals surface area contributed by atoms with E-state index in [0.717, 1.165) is 5.39 Å². The molecule has 1 unspecified atom stereocenters. The summed E-state index contributed by atoms with van der Waals surface area (Å²) in [6, 6.07) is 1.82. The summed E-state index contributed by atoms with van der Waals surface area (Å²) in [6.07, 6.45) is 3.93. The minimum Gasteiger partial charge on any atom is -0.382 e. The first-order valence-corrected chi connectivity index (χ1v) is 6.13. The van der Waals surface area contributed by atoms with Gasteiger partial charge in [0.05, 0.1) is 24.2 Å². The topological polar surface area (TPSA) is 87.3 Å². The zero-order valence-corrected chi connectivity index (χ0v) is 11.1. The molecule has 2 N–H and O–H groups in total. The van der Waals surface area contributed by atoms with Gasteiger partial charge in [0.1, 0.15) is 11.2 Å². The molecule has 0 spiro atoms. The standard InChI is InChI=1S/C13H14N4O3/c1-13(6-20-2)12(19)16-9-5-15-11-8(3-4-14-11)10(9)17(13)7-18/h3-5,7H,6H2,1-2H3,(H,14,15)(H,16,19). The molecule has 1 aliphatic rings. The first-order valence-electron chi connectivity index (χ1n) is 6.13. The highest BCUT2D eigenvalue weighted by Crippen LogP contribution is 2.40. The lowest BCUT2D eigenvalue weighted by Crippen LogP contribution is -2.60.